The molecule has 1 saturated heterocycles. The Bertz CT molecular complexity index is 807. The summed E-state index contributed by atoms with van der Waals surface area (Å²) in [6.07, 6.45) is 1.67. The fourth-order valence-corrected chi connectivity index (χ4v) is 3.28. The van der Waals surface area contributed by atoms with E-state index in [1.54, 1.807) is 6.08 Å². The van der Waals surface area contributed by atoms with E-state index in [4.69, 9.17) is 0 Å². The van der Waals surface area contributed by atoms with Crippen molar-refractivity contribution in [3.63, 3.8) is 0 Å². The summed E-state index contributed by atoms with van der Waals surface area (Å²) in [7, 11) is 0. The molecule has 142 valence electrons. The van der Waals surface area contributed by atoms with E-state index in [2.05, 4.69) is 27.0 Å². The lowest BCUT2D eigenvalue weighted by atomic mass is 10.1. The van der Waals surface area contributed by atoms with Crippen LogP contribution in [0.4, 0.5) is 5.69 Å². The summed E-state index contributed by atoms with van der Waals surface area (Å²) in [5.41, 5.74) is 0.843. The number of carbonyl (C=O) groups is 2. The number of rotatable bonds is 7. The first-order chi connectivity index (χ1) is 13.2. The third-order valence-electron chi connectivity index (χ3n) is 4.71. The molecule has 0 saturated carbocycles. The Morgan fingerprint density at radius 1 is 0.926 bits per heavy atom. The molecule has 0 aliphatic carbocycles. The van der Waals surface area contributed by atoms with Crippen LogP contribution < -0.4 is 10.6 Å². The van der Waals surface area contributed by atoms with E-state index in [0.29, 0.717) is 19.6 Å². The molecule has 2 N–H and O–H groups in total. The highest BCUT2D eigenvalue weighted by Crippen LogP contribution is 2.22. The number of piperazine rings is 1. The molecule has 0 spiro atoms. The first-order valence-corrected chi connectivity index (χ1v) is 9.25. The SMILES string of the molecule is C=CCNC(=O)CN1CCN(CC(=O)Nc2cccc3ccccc23)CC1. The van der Waals surface area contributed by atoms with Gasteiger partial charge in [0, 0.05) is 43.8 Å². The molecule has 1 aliphatic rings. The van der Waals surface area contributed by atoms with Gasteiger partial charge in [0.2, 0.25) is 11.8 Å². The Hall–Kier alpha value is -2.70. The fourth-order valence-electron chi connectivity index (χ4n) is 3.28. The van der Waals surface area contributed by atoms with Crippen LogP contribution in [0.5, 0.6) is 0 Å². The predicted molar refractivity (Wildman–Crippen MR) is 109 cm³/mol. The predicted octanol–water partition coefficient (Wildman–Crippen LogP) is 1.70. The van der Waals surface area contributed by atoms with Gasteiger partial charge in [0.25, 0.3) is 0 Å². The van der Waals surface area contributed by atoms with Crippen LogP contribution in [0.15, 0.2) is 55.1 Å². The molecular weight excluding hydrogens is 340 g/mol. The molecule has 6 nitrogen and oxygen atoms in total. The number of benzene rings is 2. The Labute approximate surface area is 159 Å². The molecule has 0 atom stereocenters. The van der Waals surface area contributed by atoms with Gasteiger partial charge in [-0.1, -0.05) is 42.5 Å². The van der Waals surface area contributed by atoms with Crippen molar-refractivity contribution in [2.45, 2.75) is 0 Å². The van der Waals surface area contributed by atoms with Crippen molar-refractivity contribution in [1.82, 2.24) is 15.1 Å². The van der Waals surface area contributed by atoms with Crippen LogP contribution in [-0.4, -0.2) is 67.4 Å². The lowest BCUT2D eigenvalue weighted by molar-refractivity contribution is -0.123. The number of anilines is 1. The van der Waals surface area contributed by atoms with Crippen molar-refractivity contribution >= 4 is 28.3 Å². The standard InChI is InChI=1S/C21H26N4O2/c1-2-10-22-20(26)15-24-11-13-25(14-12-24)16-21(27)23-19-9-5-7-17-6-3-4-8-18(17)19/h2-9H,1,10-16H2,(H,22,26)(H,23,27). The van der Waals surface area contributed by atoms with Gasteiger partial charge in [-0.2, -0.15) is 0 Å². The van der Waals surface area contributed by atoms with E-state index < -0.39 is 0 Å². The fraction of sp³-hybridized carbons (Fsp3) is 0.333. The van der Waals surface area contributed by atoms with Crippen LogP contribution >= 0.6 is 0 Å². The van der Waals surface area contributed by atoms with Crippen LogP contribution in [0.1, 0.15) is 0 Å². The van der Waals surface area contributed by atoms with Gasteiger partial charge in [-0.05, 0) is 11.5 Å². The van der Waals surface area contributed by atoms with Gasteiger partial charge >= 0.3 is 0 Å². The summed E-state index contributed by atoms with van der Waals surface area (Å²) in [5, 5.41) is 7.97. The van der Waals surface area contributed by atoms with Gasteiger partial charge in [-0.25, -0.2) is 0 Å². The molecule has 0 unspecified atom stereocenters. The molecule has 2 aromatic carbocycles. The second kappa shape index (κ2) is 9.30. The zero-order valence-corrected chi connectivity index (χ0v) is 15.5. The zero-order chi connectivity index (χ0) is 19.1. The van der Waals surface area contributed by atoms with Crippen molar-refractivity contribution in [2.24, 2.45) is 0 Å². The lowest BCUT2D eigenvalue weighted by Gasteiger charge is -2.33. The largest absolute Gasteiger partial charge is 0.352 e. The van der Waals surface area contributed by atoms with E-state index in [9.17, 15) is 9.59 Å². The smallest absolute Gasteiger partial charge is 0.238 e. The third-order valence-corrected chi connectivity index (χ3v) is 4.71. The highest BCUT2D eigenvalue weighted by atomic mass is 16.2. The third kappa shape index (κ3) is 5.39. The van der Waals surface area contributed by atoms with E-state index in [0.717, 1.165) is 42.6 Å². The molecule has 1 heterocycles. The van der Waals surface area contributed by atoms with Gasteiger partial charge in [0.1, 0.15) is 0 Å². The number of carbonyl (C=O) groups excluding carboxylic acids is 2. The number of nitrogens with one attached hydrogen (secondary N) is 2. The lowest BCUT2D eigenvalue weighted by Crippen LogP contribution is -2.51. The maximum absolute atomic E-state index is 12.5. The van der Waals surface area contributed by atoms with Crippen LogP contribution in [0.2, 0.25) is 0 Å². The maximum atomic E-state index is 12.5. The summed E-state index contributed by atoms with van der Waals surface area (Å²) in [4.78, 5) is 28.5. The number of hydrogen-bond donors (Lipinski definition) is 2. The average molecular weight is 366 g/mol. The first kappa shape index (κ1) is 19.1. The Morgan fingerprint density at radius 2 is 1.56 bits per heavy atom. The quantitative estimate of drug-likeness (QED) is 0.732. The van der Waals surface area contributed by atoms with Gasteiger partial charge in [0.15, 0.2) is 0 Å². The minimum Gasteiger partial charge on any atom is -0.352 e. The molecule has 2 amide bonds. The average Bonchev–Trinajstić information content (AvgIpc) is 2.68. The van der Waals surface area contributed by atoms with Crippen molar-refractivity contribution in [3.05, 3.63) is 55.1 Å². The van der Waals surface area contributed by atoms with Crippen LogP contribution in [-0.2, 0) is 9.59 Å². The molecule has 0 bridgehead atoms. The monoisotopic (exact) mass is 366 g/mol. The topological polar surface area (TPSA) is 64.7 Å². The summed E-state index contributed by atoms with van der Waals surface area (Å²) in [6.45, 7) is 7.95. The van der Waals surface area contributed by atoms with Crippen molar-refractivity contribution in [3.8, 4) is 0 Å². The second-order valence-corrected chi connectivity index (χ2v) is 6.72. The van der Waals surface area contributed by atoms with Gasteiger partial charge in [-0.15, -0.1) is 6.58 Å². The van der Waals surface area contributed by atoms with Gasteiger partial charge in [-0.3, -0.25) is 19.4 Å². The Kier molecular flexibility index (Phi) is 6.57. The molecular formula is C21H26N4O2. The van der Waals surface area contributed by atoms with E-state index >= 15 is 0 Å². The number of hydrogen-bond acceptors (Lipinski definition) is 4. The van der Waals surface area contributed by atoms with Crippen LogP contribution in [0.3, 0.4) is 0 Å². The van der Waals surface area contributed by atoms with Crippen molar-refractivity contribution in [1.29, 1.82) is 0 Å². The van der Waals surface area contributed by atoms with E-state index in [1.807, 2.05) is 42.5 Å². The molecule has 6 heteroatoms. The van der Waals surface area contributed by atoms with Gasteiger partial charge in [0.05, 0.1) is 13.1 Å². The summed E-state index contributed by atoms with van der Waals surface area (Å²) in [6, 6.07) is 13.9. The summed E-state index contributed by atoms with van der Waals surface area (Å²) >= 11 is 0. The normalized spacial score (nSPS) is 15.4. The van der Waals surface area contributed by atoms with Crippen molar-refractivity contribution < 1.29 is 9.59 Å². The Balaban J connectivity index is 1.47. The first-order valence-electron chi connectivity index (χ1n) is 9.25. The minimum atomic E-state index is -0.0106. The number of fused-ring (bicyclic) bond motifs is 1. The summed E-state index contributed by atoms with van der Waals surface area (Å²) < 4.78 is 0. The highest BCUT2D eigenvalue weighted by molar-refractivity contribution is 6.02. The second-order valence-electron chi connectivity index (χ2n) is 6.72. The zero-order valence-electron chi connectivity index (χ0n) is 15.5. The molecule has 0 aromatic heterocycles. The van der Waals surface area contributed by atoms with Crippen molar-refractivity contribution in [2.75, 3.05) is 51.1 Å². The Morgan fingerprint density at radius 3 is 2.26 bits per heavy atom. The van der Waals surface area contributed by atoms with Crippen LogP contribution in [0.25, 0.3) is 10.8 Å². The molecule has 1 aliphatic heterocycles. The molecule has 27 heavy (non-hydrogen) atoms. The highest BCUT2D eigenvalue weighted by Gasteiger charge is 2.20. The molecule has 3 rings (SSSR count). The summed E-state index contributed by atoms with van der Waals surface area (Å²) in [5.74, 6) is 0.000535. The van der Waals surface area contributed by atoms with E-state index in [-0.39, 0.29) is 11.8 Å². The number of amides is 2. The molecule has 1 fully saturated rings. The number of nitrogens with zero attached hydrogens (tertiary/aromatic N) is 2. The molecule has 2 aromatic rings. The molecule has 0 radical (unpaired) electrons. The minimum absolute atomic E-state index is 0.0106. The van der Waals surface area contributed by atoms with Gasteiger partial charge < -0.3 is 10.6 Å². The van der Waals surface area contributed by atoms with E-state index in [1.165, 1.54) is 0 Å². The maximum Gasteiger partial charge on any atom is 0.238 e. The van der Waals surface area contributed by atoms with Crippen LogP contribution in [0, 0.1) is 0 Å².